The van der Waals surface area contributed by atoms with Gasteiger partial charge in [0.15, 0.2) is 0 Å². The van der Waals surface area contributed by atoms with Gasteiger partial charge in [-0.25, -0.2) is 9.97 Å². The number of nitrogens with one attached hydrogen (secondary N) is 1. The lowest BCUT2D eigenvalue weighted by Crippen LogP contribution is -2.27. The molecule has 1 aliphatic rings. The van der Waals surface area contributed by atoms with E-state index in [1.807, 2.05) is 19.1 Å². The van der Waals surface area contributed by atoms with Crippen molar-refractivity contribution in [3.63, 3.8) is 0 Å². The molecule has 21 heavy (non-hydrogen) atoms. The van der Waals surface area contributed by atoms with E-state index in [4.69, 9.17) is 9.40 Å². The van der Waals surface area contributed by atoms with E-state index in [2.05, 4.69) is 29.0 Å². The lowest BCUT2D eigenvalue weighted by atomic mass is 10.2. The molecule has 3 rings (SSSR count). The minimum absolute atomic E-state index is 0.567. The fraction of sp³-hybridized carbons (Fsp3) is 0.500. The molecule has 1 fully saturated rings. The Labute approximate surface area is 125 Å². The number of rotatable bonds is 6. The Bertz CT molecular complexity index is 605. The van der Waals surface area contributed by atoms with Crippen molar-refractivity contribution in [1.82, 2.24) is 9.97 Å². The van der Waals surface area contributed by atoms with E-state index in [0.717, 1.165) is 41.9 Å². The molecule has 0 aliphatic heterocycles. The second kappa shape index (κ2) is 5.76. The monoisotopic (exact) mass is 286 g/mol. The smallest absolute Gasteiger partial charge is 0.138 e. The summed E-state index contributed by atoms with van der Waals surface area (Å²) >= 11 is 0. The quantitative estimate of drug-likeness (QED) is 0.883. The Morgan fingerprint density at radius 2 is 2.14 bits per heavy atom. The van der Waals surface area contributed by atoms with E-state index in [1.165, 1.54) is 12.8 Å². The highest BCUT2D eigenvalue weighted by Gasteiger charge is 2.32. The topological polar surface area (TPSA) is 54.2 Å². The first-order valence-electron chi connectivity index (χ1n) is 7.57. The van der Waals surface area contributed by atoms with Crippen molar-refractivity contribution in [1.29, 1.82) is 0 Å². The van der Waals surface area contributed by atoms with Crippen LogP contribution in [-0.2, 0) is 6.54 Å². The van der Waals surface area contributed by atoms with Gasteiger partial charge in [-0.15, -0.1) is 0 Å². The van der Waals surface area contributed by atoms with Gasteiger partial charge in [0, 0.05) is 18.2 Å². The maximum absolute atomic E-state index is 5.51. The van der Waals surface area contributed by atoms with Gasteiger partial charge in [0.1, 0.15) is 23.2 Å². The molecule has 112 valence electrons. The minimum atomic E-state index is 0.567. The molecule has 1 saturated carbocycles. The largest absolute Gasteiger partial charge is 0.467 e. The average molecular weight is 286 g/mol. The van der Waals surface area contributed by atoms with Gasteiger partial charge < -0.3 is 14.6 Å². The van der Waals surface area contributed by atoms with Crippen LogP contribution in [0.5, 0.6) is 0 Å². The first-order valence-corrected chi connectivity index (χ1v) is 7.57. The number of aryl methyl sites for hydroxylation is 1. The zero-order chi connectivity index (χ0) is 14.8. The molecule has 1 aliphatic carbocycles. The number of hydrogen-bond acceptors (Lipinski definition) is 5. The standard InChI is InChI=1S/C16H22N4O/c1-4-17-15-11(2)16(19-12(3)18-15)20(13-7-8-13)10-14-6-5-9-21-14/h5-6,9,13H,4,7-8,10H2,1-3H3,(H,17,18,19). The second-order valence-electron chi connectivity index (χ2n) is 5.54. The molecule has 2 heterocycles. The third-order valence-corrected chi connectivity index (χ3v) is 3.74. The molecular formula is C16H22N4O. The van der Waals surface area contributed by atoms with Crippen LogP contribution in [0.25, 0.3) is 0 Å². The van der Waals surface area contributed by atoms with E-state index in [9.17, 15) is 0 Å². The Morgan fingerprint density at radius 3 is 2.76 bits per heavy atom. The summed E-state index contributed by atoms with van der Waals surface area (Å²) in [5.74, 6) is 3.74. The van der Waals surface area contributed by atoms with Crippen LogP contribution in [0.3, 0.4) is 0 Å². The number of hydrogen-bond donors (Lipinski definition) is 1. The predicted molar refractivity (Wildman–Crippen MR) is 83.6 cm³/mol. The maximum atomic E-state index is 5.51. The minimum Gasteiger partial charge on any atom is -0.467 e. The van der Waals surface area contributed by atoms with Gasteiger partial charge in [0.05, 0.1) is 12.8 Å². The van der Waals surface area contributed by atoms with Crippen LogP contribution in [0.1, 0.15) is 36.9 Å². The Hall–Kier alpha value is -2.04. The zero-order valence-electron chi connectivity index (χ0n) is 12.9. The van der Waals surface area contributed by atoms with Crippen LogP contribution in [0.15, 0.2) is 22.8 Å². The number of nitrogens with zero attached hydrogens (tertiary/aromatic N) is 3. The summed E-state index contributed by atoms with van der Waals surface area (Å²) in [7, 11) is 0. The van der Waals surface area contributed by atoms with Crippen LogP contribution < -0.4 is 10.2 Å². The molecule has 2 aromatic rings. The van der Waals surface area contributed by atoms with Gasteiger partial charge in [-0.2, -0.15) is 0 Å². The second-order valence-corrected chi connectivity index (χ2v) is 5.54. The summed E-state index contributed by atoms with van der Waals surface area (Å²) < 4.78 is 5.51. The molecule has 0 aromatic carbocycles. The molecule has 0 unspecified atom stereocenters. The summed E-state index contributed by atoms with van der Waals surface area (Å²) in [5.41, 5.74) is 1.11. The Balaban J connectivity index is 1.95. The summed E-state index contributed by atoms with van der Waals surface area (Å²) in [6.45, 7) is 7.74. The summed E-state index contributed by atoms with van der Waals surface area (Å²) in [6.07, 6.45) is 4.17. The molecule has 5 heteroatoms. The fourth-order valence-corrected chi connectivity index (χ4v) is 2.57. The third-order valence-electron chi connectivity index (χ3n) is 3.74. The molecule has 0 saturated heterocycles. The van der Waals surface area contributed by atoms with E-state index in [-0.39, 0.29) is 0 Å². The normalized spacial score (nSPS) is 14.2. The number of anilines is 2. The van der Waals surface area contributed by atoms with Crippen LogP contribution in [0, 0.1) is 13.8 Å². The van der Waals surface area contributed by atoms with E-state index >= 15 is 0 Å². The van der Waals surface area contributed by atoms with Crippen LogP contribution in [0.2, 0.25) is 0 Å². The lowest BCUT2D eigenvalue weighted by Gasteiger charge is -2.25. The van der Waals surface area contributed by atoms with Gasteiger partial charge in [-0.1, -0.05) is 0 Å². The van der Waals surface area contributed by atoms with E-state index in [1.54, 1.807) is 6.26 Å². The van der Waals surface area contributed by atoms with Crippen molar-refractivity contribution in [2.24, 2.45) is 0 Å². The van der Waals surface area contributed by atoms with Crippen molar-refractivity contribution in [2.75, 3.05) is 16.8 Å². The van der Waals surface area contributed by atoms with Gasteiger partial charge in [-0.3, -0.25) is 0 Å². The Morgan fingerprint density at radius 1 is 1.33 bits per heavy atom. The summed E-state index contributed by atoms with van der Waals surface area (Å²) in [5, 5.41) is 3.33. The van der Waals surface area contributed by atoms with Crippen LogP contribution in [0.4, 0.5) is 11.6 Å². The molecule has 0 radical (unpaired) electrons. The molecule has 0 bridgehead atoms. The highest BCUT2D eigenvalue weighted by molar-refractivity contribution is 5.59. The SMILES string of the molecule is CCNc1nc(C)nc(N(Cc2ccco2)C2CC2)c1C. The lowest BCUT2D eigenvalue weighted by molar-refractivity contribution is 0.500. The number of aromatic nitrogens is 2. The highest BCUT2D eigenvalue weighted by Crippen LogP contribution is 2.35. The van der Waals surface area contributed by atoms with Gasteiger partial charge in [-0.05, 0) is 45.7 Å². The van der Waals surface area contributed by atoms with Crippen LogP contribution >= 0.6 is 0 Å². The van der Waals surface area contributed by atoms with Crippen molar-refractivity contribution in [3.05, 3.63) is 35.5 Å². The van der Waals surface area contributed by atoms with Crippen molar-refractivity contribution in [2.45, 2.75) is 46.2 Å². The first kappa shape index (κ1) is 13.9. The molecule has 5 nitrogen and oxygen atoms in total. The van der Waals surface area contributed by atoms with E-state index < -0.39 is 0 Å². The first-order chi connectivity index (χ1) is 10.2. The van der Waals surface area contributed by atoms with Crippen LogP contribution in [-0.4, -0.2) is 22.6 Å². The molecule has 0 atom stereocenters. The van der Waals surface area contributed by atoms with Crippen molar-refractivity contribution >= 4 is 11.6 Å². The predicted octanol–water partition coefficient (Wildman–Crippen LogP) is 3.29. The van der Waals surface area contributed by atoms with Gasteiger partial charge >= 0.3 is 0 Å². The van der Waals surface area contributed by atoms with Gasteiger partial charge in [0.2, 0.25) is 0 Å². The van der Waals surface area contributed by atoms with E-state index in [0.29, 0.717) is 6.04 Å². The molecular weight excluding hydrogens is 264 g/mol. The molecule has 1 N–H and O–H groups in total. The summed E-state index contributed by atoms with van der Waals surface area (Å²) in [6, 6.07) is 4.52. The average Bonchev–Trinajstić information content (AvgIpc) is 3.17. The maximum Gasteiger partial charge on any atom is 0.138 e. The van der Waals surface area contributed by atoms with Crippen molar-refractivity contribution in [3.8, 4) is 0 Å². The molecule has 0 amide bonds. The number of furan rings is 1. The van der Waals surface area contributed by atoms with Gasteiger partial charge in [0.25, 0.3) is 0 Å². The van der Waals surface area contributed by atoms with Crippen molar-refractivity contribution < 1.29 is 4.42 Å². The molecule has 2 aromatic heterocycles. The fourth-order valence-electron chi connectivity index (χ4n) is 2.57. The summed E-state index contributed by atoms with van der Waals surface area (Å²) in [4.78, 5) is 11.6. The Kier molecular flexibility index (Phi) is 3.82. The molecule has 0 spiro atoms. The zero-order valence-corrected chi connectivity index (χ0v) is 12.9. The third kappa shape index (κ3) is 3.01. The highest BCUT2D eigenvalue weighted by atomic mass is 16.3.